The minimum Gasteiger partial charge on any atom is -0.500 e. The predicted molar refractivity (Wildman–Crippen MR) is 53.8 cm³/mol. The monoisotopic (exact) mass is 181 g/mol. The summed E-state index contributed by atoms with van der Waals surface area (Å²) in [6.45, 7) is 7.98. The molecule has 0 fully saturated rings. The molecule has 1 heterocycles. The third-order valence-corrected chi connectivity index (χ3v) is 1.09. The Balaban J connectivity index is 0.000000226. The van der Waals surface area contributed by atoms with Gasteiger partial charge in [0.2, 0.25) is 0 Å². The number of nitrogens with two attached hydrogens (primary N) is 1. The number of ether oxygens (including phenoxy) is 1. The van der Waals surface area contributed by atoms with Crippen LogP contribution in [0.15, 0.2) is 38.1 Å². The maximum absolute atomic E-state index is 5.04. The summed E-state index contributed by atoms with van der Waals surface area (Å²) in [6, 6.07) is 0. The molecule has 0 radical (unpaired) electrons. The fourth-order valence-electron chi connectivity index (χ4n) is 0.529. The summed E-state index contributed by atoms with van der Waals surface area (Å²) in [4.78, 5) is 3.78. The first kappa shape index (κ1) is 11.4. The van der Waals surface area contributed by atoms with Gasteiger partial charge in [-0.1, -0.05) is 13.2 Å². The van der Waals surface area contributed by atoms with Crippen LogP contribution in [-0.4, -0.2) is 22.7 Å². The molecule has 0 aliphatic heterocycles. The third-order valence-electron chi connectivity index (χ3n) is 1.09. The molecule has 1 aromatic heterocycles. The molecule has 0 saturated heterocycles. The van der Waals surface area contributed by atoms with E-state index >= 15 is 0 Å². The van der Waals surface area contributed by atoms with Crippen molar-refractivity contribution >= 4 is 6.20 Å². The van der Waals surface area contributed by atoms with Gasteiger partial charge in [-0.25, -0.2) is 4.98 Å². The molecule has 72 valence electrons. The smallest absolute Gasteiger partial charge is 0.0995 e. The minimum absolute atomic E-state index is 0.562. The SMILES string of the molecule is C=COCCN.C=Cn1ccnc1. The summed E-state index contributed by atoms with van der Waals surface area (Å²) in [7, 11) is 0. The summed E-state index contributed by atoms with van der Waals surface area (Å²) in [5, 5.41) is 0. The lowest BCUT2D eigenvalue weighted by atomic mass is 10.7. The summed E-state index contributed by atoms with van der Waals surface area (Å²) in [5.41, 5.74) is 5.04. The summed E-state index contributed by atoms with van der Waals surface area (Å²) >= 11 is 0. The molecule has 0 atom stereocenters. The molecule has 0 unspecified atom stereocenters. The lowest BCUT2D eigenvalue weighted by Gasteiger charge is -1.90. The van der Waals surface area contributed by atoms with Gasteiger partial charge < -0.3 is 15.0 Å². The second-order valence-corrected chi connectivity index (χ2v) is 2.02. The number of nitrogens with zero attached hydrogens (tertiary/aromatic N) is 2. The molecule has 4 heteroatoms. The van der Waals surface area contributed by atoms with E-state index in [0.29, 0.717) is 13.2 Å². The molecule has 0 aromatic carbocycles. The van der Waals surface area contributed by atoms with E-state index in [1.54, 1.807) is 23.3 Å². The Bertz CT molecular complexity index is 219. The van der Waals surface area contributed by atoms with Crippen molar-refractivity contribution in [2.75, 3.05) is 13.2 Å². The lowest BCUT2D eigenvalue weighted by Crippen LogP contribution is -2.04. The minimum atomic E-state index is 0.562. The zero-order valence-electron chi connectivity index (χ0n) is 7.60. The Morgan fingerprint density at radius 2 is 2.31 bits per heavy atom. The van der Waals surface area contributed by atoms with Gasteiger partial charge in [0.25, 0.3) is 0 Å². The van der Waals surface area contributed by atoms with Crippen molar-refractivity contribution in [3.8, 4) is 0 Å². The molecule has 0 saturated carbocycles. The number of hydrogen-bond acceptors (Lipinski definition) is 3. The van der Waals surface area contributed by atoms with Crippen LogP contribution >= 0.6 is 0 Å². The zero-order chi connectivity index (χ0) is 9.94. The summed E-state index contributed by atoms with van der Waals surface area (Å²) in [6.07, 6.45) is 8.29. The van der Waals surface area contributed by atoms with Crippen LogP contribution in [0.4, 0.5) is 0 Å². The van der Waals surface area contributed by atoms with E-state index in [4.69, 9.17) is 5.73 Å². The van der Waals surface area contributed by atoms with Crippen LogP contribution in [-0.2, 0) is 4.74 Å². The third kappa shape index (κ3) is 6.83. The molecule has 13 heavy (non-hydrogen) atoms. The zero-order valence-corrected chi connectivity index (χ0v) is 7.60. The molecule has 0 bridgehead atoms. The average molecular weight is 181 g/mol. The number of hydrogen-bond donors (Lipinski definition) is 1. The van der Waals surface area contributed by atoms with Gasteiger partial charge in [0.15, 0.2) is 0 Å². The first-order chi connectivity index (χ1) is 6.35. The van der Waals surface area contributed by atoms with Crippen LogP contribution in [0.5, 0.6) is 0 Å². The summed E-state index contributed by atoms with van der Waals surface area (Å²) < 4.78 is 6.40. The van der Waals surface area contributed by atoms with Crippen molar-refractivity contribution in [3.63, 3.8) is 0 Å². The van der Waals surface area contributed by atoms with Crippen molar-refractivity contribution < 1.29 is 4.74 Å². The van der Waals surface area contributed by atoms with Crippen molar-refractivity contribution in [2.24, 2.45) is 5.73 Å². The quantitative estimate of drug-likeness (QED) is 0.558. The highest BCUT2D eigenvalue weighted by atomic mass is 16.5. The van der Waals surface area contributed by atoms with Gasteiger partial charge in [-0.2, -0.15) is 0 Å². The van der Waals surface area contributed by atoms with Crippen molar-refractivity contribution in [1.29, 1.82) is 0 Å². The largest absolute Gasteiger partial charge is 0.500 e. The molecule has 1 aromatic rings. The van der Waals surface area contributed by atoms with E-state index in [1.807, 2.05) is 6.20 Å². The molecule has 0 spiro atoms. The average Bonchev–Trinajstić information content (AvgIpc) is 2.68. The number of aromatic nitrogens is 2. The molecule has 1 rings (SSSR count). The van der Waals surface area contributed by atoms with Gasteiger partial charge in [0, 0.05) is 25.1 Å². The maximum Gasteiger partial charge on any atom is 0.0995 e. The van der Waals surface area contributed by atoms with E-state index in [-0.39, 0.29) is 0 Å². The molecule has 0 aliphatic carbocycles. The van der Waals surface area contributed by atoms with E-state index in [9.17, 15) is 0 Å². The van der Waals surface area contributed by atoms with Crippen molar-refractivity contribution in [2.45, 2.75) is 0 Å². The van der Waals surface area contributed by atoms with Crippen LogP contribution < -0.4 is 5.73 Å². The molecule has 0 amide bonds. The Hall–Kier alpha value is -1.55. The number of rotatable bonds is 4. The topological polar surface area (TPSA) is 53.1 Å². The Morgan fingerprint density at radius 3 is 2.54 bits per heavy atom. The van der Waals surface area contributed by atoms with E-state index in [2.05, 4.69) is 22.9 Å². The second kappa shape index (κ2) is 8.55. The van der Waals surface area contributed by atoms with Gasteiger partial charge in [-0.3, -0.25) is 0 Å². The van der Waals surface area contributed by atoms with Gasteiger partial charge in [0.1, 0.15) is 0 Å². The normalized spacial score (nSPS) is 8.08. The van der Waals surface area contributed by atoms with E-state index in [1.165, 1.54) is 6.26 Å². The Morgan fingerprint density at radius 1 is 1.54 bits per heavy atom. The van der Waals surface area contributed by atoms with Crippen LogP contribution in [0.1, 0.15) is 0 Å². The highest BCUT2D eigenvalue weighted by Crippen LogP contribution is 1.81. The second-order valence-electron chi connectivity index (χ2n) is 2.02. The molecule has 2 N–H and O–H groups in total. The molecular formula is C9H15N3O. The van der Waals surface area contributed by atoms with Gasteiger partial charge in [0.05, 0.1) is 19.2 Å². The van der Waals surface area contributed by atoms with Crippen molar-refractivity contribution in [1.82, 2.24) is 9.55 Å². The molecule has 0 aliphatic rings. The standard InChI is InChI=1S/C5H6N2.C4H9NO/c1-2-7-4-3-6-5-7;1-2-6-4-3-5/h2-5H,1H2;2H,1,3-5H2. The van der Waals surface area contributed by atoms with Crippen molar-refractivity contribution in [3.05, 3.63) is 38.1 Å². The highest BCUT2D eigenvalue weighted by Gasteiger charge is 1.73. The first-order valence-corrected chi connectivity index (χ1v) is 3.87. The maximum atomic E-state index is 5.04. The summed E-state index contributed by atoms with van der Waals surface area (Å²) in [5.74, 6) is 0. The fourth-order valence-corrected chi connectivity index (χ4v) is 0.529. The highest BCUT2D eigenvalue weighted by molar-refractivity contribution is 5.14. The first-order valence-electron chi connectivity index (χ1n) is 3.87. The number of imidazole rings is 1. The predicted octanol–water partition coefficient (Wildman–Crippen LogP) is 1.09. The van der Waals surface area contributed by atoms with Crippen LogP contribution in [0.2, 0.25) is 0 Å². The fraction of sp³-hybridized carbons (Fsp3) is 0.222. The van der Waals surface area contributed by atoms with Gasteiger partial charge >= 0.3 is 0 Å². The van der Waals surface area contributed by atoms with Crippen LogP contribution in [0.3, 0.4) is 0 Å². The van der Waals surface area contributed by atoms with Gasteiger partial charge in [-0.15, -0.1) is 0 Å². The lowest BCUT2D eigenvalue weighted by molar-refractivity contribution is 0.261. The van der Waals surface area contributed by atoms with E-state index < -0.39 is 0 Å². The Labute approximate surface area is 78.3 Å². The Kier molecular flexibility index (Phi) is 7.53. The van der Waals surface area contributed by atoms with E-state index in [0.717, 1.165) is 0 Å². The van der Waals surface area contributed by atoms with Crippen LogP contribution in [0.25, 0.3) is 6.20 Å². The molecule has 4 nitrogen and oxygen atoms in total. The van der Waals surface area contributed by atoms with Gasteiger partial charge in [-0.05, 0) is 0 Å². The molecular weight excluding hydrogens is 166 g/mol. The van der Waals surface area contributed by atoms with Crippen LogP contribution in [0, 0.1) is 0 Å².